The Morgan fingerprint density at radius 2 is 2.04 bits per heavy atom. The van der Waals surface area contributed by atoms with Crippen molar-refractivity contribution >= 4 is 22.6 Å². The first-order valence-electron chi connectivity index (χ1n) is 7.30. The Hall–Kier alpha value is -3.35. The number of nitrogens with zero attached hydrogens (tertiary/aromatic N) is 3. The van der Waals surface area contributed by atoms with Gasteiger partial charge in [-0.1, -0.05) is 0 Å². The largest absolute Gasteiger partial charge is 0.463 e. The van der Waals surface area contributed by atoms with Crippen molar-refractivity contribution in [1.82, 2.24) is 14.0 Å². The molecular formula is C17H13N3O4. The maximum Gasteiger partial charge on any atom is 0.373 e. The summed E-state index contributed by atoms with van der Waals surface area (Å²) < 4.78 is 13.4. The van der Waals surface area contributed by atoms with E-state index in [4.69, 9.17) is 4.42 Å². The van der Waals surface area contributed by atoms with E-state index in [-0.39, 0.29) is 17.9 Å². The number of pyridine rings is 1. The Kier molecular flexibility index (Phi) is 3.19. The molecule has 0 N–H and O–H groups in total. The van der Waals surface area contributed by atoms with Crippen LogP contribution in [-0.4, -0.2) is 27.0 Å². The molecule has 4 aromatic heterocycles. The highest BCUT2D eigenvalue weighted by atomic mass is 16.5. The highest BCUT2D eigenvalue weighted by Gasteiger charge is 2.15. The van der Waals surface area contributed by atoms with Gasteiger partial charge in [-0.15, -0.1) is 0 Å². The molecule has 0 aliphatic heterocycles. The van der Waals surface area contributed by atoms with Crippen molar-refractivity contribution in [3.05, 3.63) is 70.7 Å². The van der Waals surface area contributed by atoms with E-state index in [0.717, 1.165) is 5.52 Å². The molecule has 0 saturated carbocycles. The van der Waals surface area contributed by atoms with E-state index < -0.39 is 5.97 Å². The molecule has 24 heavy (non-hydrogen) atoms. The van der Waals surface area contributed by atoms with Gasteiger partial charge in [-0.25, -0.2) is 9.78 Å². The van der Waals surface area contributed by atoms with Crippen LogP contribution in [0.15, 0.2) is 58.0 Å². The first-order valence-corrected chi connectivity index (χ1v) is 7.30. The minimum absolute atomic E-state index is 0.0987. The summed E-state index contributed by atoms with van der Waals surface area (Å²) in [7, 11) is 1.28. The van der Waals surface area contributed by atoms with Gasteiger partial charge in [0.1, 0.15) is 11.3 Å². The van der Waals surface area contributed by atoms with Gasteiger partial charge in [0.05, 0.1) is 19.2 Å². The van der Waals surface area contributed by atoms with Gasteiger partial charge in [-0.2, -0.15) is 0 Å². The summed E-state index contributed by atoms with van der Waals surface area (Å²) in [5, 5.41) is 0. The van der Waals surface area contributed by atoms with E-state index >= 15 is 0 Å². The molecule has 4 rings (SSSR count). The lowest BCUT2D eigenvalue weighted by Crippen LogP contribution is -2.23. The molecule has 0 unspecified atom stereocenters. The molecule has 7 heteroatoms. The minimum atomic E-state index is -0.557. The monoisotopic (exact) mass is 323 g/mol. The highest BCUT2D eigenvalue weighted by molar-refractivity contribution is 5.86. The topological polar surface area (TPSA) is 78.7 Å². The molecule has 0 spiro atoms. The summed E-state index contributed by atoms with van der Waals surface area (Å²) in [5.74, 6) is 0.0144. The molecule has 7 nitrogen and oxygen atoms in total. The van der Waals surface area contributed by atoms with Crippen molar-refractivity contribution in [3.8, 4) is 0 Å². The van der Waals surface area contributed by atoms with Gasteiger partial charge in [0, 0.05) is 12.4 Å². The number of ether oxygens (including phenoxy) is 1. The molecule has 120 valence electrons. The maximum atomic E-state index is 12.8. The van der Waals surface area contributed by atoms with Crippen LogP contribution in [0.4, 0.5) is 0 Å². The SMILES string of the molecule is COC(=O)c1ccc(Cn2c(=O)c3cccn3c3cccnc32)o1. The lowest BCUT2D eigenvalue weighted by atomic mass is 10.3. The lowest BCUT2D eigenvalue weighted by Gasteiger charge is -2.10. The third kappa shape index (κ3) is 2.10. The van der Waals surface area contributed by atoms with Crippen molar-refractivity contribution < 1.29 is 13.9 Å². The number of hydrogen-bond donors (Lipinski definition) is 0. The van der Waals surface area contributed by atoms with Gasteiger partial charge in [0.15, 0.2) is 5.65 Å². The fourth-order valence-electron chi connectivity index (χ4n) is 2.76. The number of carbonyl (C=O) groups excluding carboxylic acids is 1. The fraction of sp³-hybridized carbons (Fsp3) is 0.118. The van der Waals surface area contributed by atoms with E-state index in [0.29, 0.717) is 16.9 Å². The van der Waals surface area contributed by atoms with E-state index in [1.165, 1.54) is 17.7 Å². The van der Waals surface area contributed by atoms with Gasteiger partial charge in [0.25, 0.3) is 5.56 Å². The third-order valence-corrected chi connectivity index (χ3v) is 3.86. The predicted molar refractivity (Wildman–Crippen MR) is 86.1 cm³/mol. The van der Waals surface area contributed by atoms with Crippen LogP contribution in [-0.2, 0) is 11.3 Å². The second-order valence-electron chi connectivity index (χ2n) is 5.26. The van der Waals surface area contributed by atoms with Crippen molar-refractivity contribution in [2.24, 2.45) is 0 Å². The van der Waals surface area contributed by atoms with Crippen LogP contribution in [0.3, 0.4) is 0 Å². The number of carbonyl (C=O) groups is 1. The van der Waals surface area contributed by atoms with E-state index in [2.05, 4.69) is 9.72 Å². The Labute approximate surface area is 135 Å². The molecule has 0 aliphatic rings. The second kappa shape index (κ2) is 5.38. The number of rotatable bonds is 3. The quantitative estimate of drug-likeness (QED) is 0.539. The van der Waals surface area contributed by atoms with E-state index in [1.54, 1.807) is 18.3 Å². The zero-order chi connectivity index (χ0) is 16.7. The van der Waals surface area contributed by atoms with Crippen LogP contribution in [0, 0.1) is 0 Å². The van der Waals surface area contributed by atoms with Gasteiger partial charge in [-0.05, 0) is 36.4 Å². The first kappa shape index (κ1) is 14.3. The predicted octanol–water partition coefficient (Wildman–Crippen LogP) is 2.08. The normalized spacial score (nSPS) is 11.2. The Morgan fingerprint density at radius 1 is 1.21 bits per heavy atom. The van der Waals surface area contributed by atoms with Gasteiger partial charge >= 0.3 is 5.97 Å². The van der Waals surface area contributed by atoms with Crippen LogP contribution in [0.5, 0.6) is 0 Å². The van der Waals surface area contributed by atoms with Crippen LogP contribution >= 0.6 is 0 Å². The highest BCUT2D eigenvalue weighted by Crippen LogP contribution is 2.16. The number of aromatic nitrogens is 3. The number of furan rings is 1. The zero-order valence-electron chi connectivity index (χ0n) is 12.8. The molecule has 0 radical (unpaired) electrons. The number of esters is 1. The van der Waals surface area contributed by atoms with Crippen LogP contribution in [0.1, 0.15) is 16.3 Å². The summed E-state index contributed by atoms with van der Waals surface area (Å²) in [5.41, 5.74) is 1.73. The number of hydrogen-bond acceptors (Lipinski definition) is 5. The Morgan fingerprint density at radius 3 is 2.88 bits per heavy atom. The Balaban J connectivity index is 1.89. The summed E-state index contributed by atoms with van der Waals surface area (Å²) in [6.45, 7) is 0.172. The van der Waals surface area contributed by atoms with Gasteiger partial charge in [0.2, 0.25) is 5.76 Å². The molecule has 0 aliphatic carbocycles. The van der Waals surface area contributed by atoms with E-state index in [1.807, 2.05) is 28.8 Å². The summed E-state index contributed by atoms with van der Waals surface area (Å²) in [6, 6.07) is 10.5. The molecule has 0 atom stereocenters. The average molecular weight is 323 g/mol. The van der Waals surface area contributed by atoms with Crippen molar-refractivity contribution in [1.29, 1.82) is 0 Å². The molecular weight excluding hydrogens is 310 g/mol. The van der Waals surface area contributed by atoms with Gasteiger partial charge in [-0.3, -0.25) is 9.36 Å². The zero-order valence-corrected chi connectivity index (χ0v) is 12.8. The molecule has 0 fully saturated rings. The molecule has 4 heterocycles. The van der Waals surface area contributed by atoms with Crippen LogP contribution < -0.4 is 5.56 Å². The lowest BCUT2D eigenvalue weighted by molar-refractivity contribution is 0.0563. The van der Waals surface area contributed by atoms with Crippen LogP contribution in [0.25, 0.3) is 16.7 Å². The van der Waals surface area contributed by atoms with E-state index in [9.17, 15) is 9.59 Å². The standard InChI is InChI=1S/C17H13N3O4/c1-23-17(22)14-7-6-11(24-14)10-20-15-12(4-2-8-18-15)19-9-3-5-13(19)16(20)21/h2-9H,10H2,1H3. The smallest absolute Gasteiger partial charge is 0.373 e. The summed E-state index contributed by atoms with van der Waals surface area (Å²) in [4.78, 5) is 28.6. The molecule has 0 bridgehead atoms. The van der Waals surface area contributed by atoms with Crippen molar-refractivity contribution in [2.45, 2.75) is 6.54 Å². The maximum absolute atomic E-state index is 12.8. The van der Waals surface area contributed by atoms with Gasteiger partial charge < -0.3 is 13.6 Å². The molecule has 4 aromatic rings. The number of methoxy groups -OCH3 is 1. The molecule has 0 amide bonds. The summed E-state index contributed by atoms with van der Waals surface area (Å²) in [6.07, 6.45) is 3.46. The summed E-state index contributed by atoms with van der Waals surface area (Å²) >= 11 is 0. The number of fused-ring (bicyclic) bond motifs is 3. The van der Waals surface area contributed by atoms with Crippen LogP contribution in [0.2, 0.25) is 0 Å². The second-order valence-corrected chi connectivity index (χ2v) is 5.26. The first-order chi connectivity index (χ1) is 11.7. The molecule has 0 aromatic carbocycles. The van der Waals surface area contributed by atoms with Crippen molar-refractivity contribution in [2.75, 3.05) is 7.11 Å². The van der Waals surface area contributed by atoms with Crippen molar-refractivity contribution in [3.63, 3.8) is 0 Å². The minimum Gasteiger partial charge on any atom is -0.463 e. The fourth-order valence-corrected chi connectivity index (χ4v) is 2.76. The molecule has 0 saturated heterocycles. The Bertz CT molecular complexity index is 1120. The third-order valence-electron chi connectivity index (χ3n) is 3.86. The average Bonchev–Trinajstić information content (AvgIpc) is 3.27.